The van der Waals surface area contributed by atoms with Crippen molar-refractivity contribution in [2.45, 2.75) is 34.2 Å². The zero-order chi connectivity index (χ0) is 15.6. The summed E-state index contributed by atoms with van der Waals surface area (Å²) < 4.78 is 1.54. The Hall–Kier alpha value is -2.37. The summed E-state index contributed by atoms with van der Waals surface area (Å²) in [6.07, 6.45) is 5.22. The first kappa shape index (κ1) is 15.0. The van der Waals surface area contributed by atoms with Gasteiger partial charge in [-0.3, -0.25) is 4.79 Å². The SMILES string of the molecule is CCN1N=C(C)C(=CC=Cc2c(C)nn(CC)c2O)C1=O. The van der Waals surface area contributed by atoms with Crippen LogP contribution in [0.2, 0.25) is 0 Å². The molecule has 0 saturated carbocycles. The number of allylic oxidation sites excluding steroid dienone is 2. The number of hydrazone groups is 1. The fourth-order valence-corrected chi connectivity index (χ4v) is 2.22. The summed E-state index contributed by atoms with van der Waals surface area (Å²) in [5.41, 5.74) is 2.70. The zero-order valence-electron chi connectivity index (χ0n) is 12.8. The molecule has 0 radical (unpaired) electrons. The number of aromatic hydroxyl groups is 1. The topological polar surface area (TPSA) is 70.7 Å². The van der Waals surface area contributed by atoms with Crippen LogP contribution in [0.3, 0.4) is 0 Å². The molecule has 1 aromatic heterocycles. The van der Waals surface area contributed by atoms with Gasteiger partial charge in [-0.2, -0.15) is 10.2 Å². The Morgan fingerprint density at radius 3 is 2.48 bits per heavy atom. The van der Waals surface area contributed by atoms with Crippen molar-refractivity contribution in [2.75, 3.05) is 6.54 Å². The lowest BCUT2D eigenvalue weighted by atomic mass is 10.1. The molecule has 1 aromatic rings. The average Bonchev–Trinajstić information content (AvgIpc) is 2.89. The van der Waals surface area contributed by atoms with E-state index in [4.69, 9.17) is 0 Å². The predicted octanol–water partition coefficient (Wildman–Crippen LogP) is 2.09. The van der Waals surface area contributed by atoms with Crippen molar-refractivity contribution < 1.29 is 9.90 Å². The number of amides is 1. The molecule has 1 aliphatic rings. The molecule has 112 valence electrons. The van der Waals surface area contributed by atoms with Crippen LogP contribution in [0, 0.1) is 6.92 Å². The van der Waals surface area contributed by atoms with Crippen molar-refractivity contribution in [3.8, 4) is 5.88 Å². The third-order valence-corrected chi connectivity index (χ3v) is 3.40. The van der Waals surface area contributed by atoms with Gasteiger partial charge in [0.1, 0.15) is 0 Å². The highest BCUT2D eigenvalue weighted by atomic mass is 16.3. The van der Waals surface area contributed by atoms with E-state index in [0.717, 1.165) is 5.69 Å². The van der Waals surface area contributed by atoms with Gasteiger partial charge in [-0.05, 0) is 39.8 Å². The Morgan fingerprint density at radius 1 is 1.24 bits per heavy atom. The lowest BCUT2D eigenvalue weighted by Crippen LogP contribution is -2.21. The minimum atomic E-state index is -0.0927. The summed E-state index contributed by atoms with van der Waals surface area (Å²) in [7, 11) is 0. The van der Waals surface area contributed by atoms with Crippen LogP contribution in [0.25, 0.3) is 6.08 Å². The van der Waals surface area contributed by atoms with Crippen LogP contribution < -0.4 is 0 Å². The average molecular weight is 288 g/mol. The van der Waals surface area contributed by atoms with E-state index >= 15 is 0 Å². The Balaban J connectivity index is 2.24. The van der Waals surface area contributed by atoms with E-state index in [9.17, 15) is 9.90 Å². The van der Waals surface area contributed by atoms with Crippen molar-refractivity contribution in [1.82, 2.24) is 14.8 Å². The number of carbonyl (C=O) groups excluding carboxylic acids is 1. The molecule has 1 N–H and O–H groups in total. The van der Waals surface area contributed by atoms with E-state index in [1.807, 2.05) is 27.7 Å². The van der Waals surface area contributed by atoms with Crippen molar-refractivity contribution in [2.24, 2.45) is 5.10 Å². The number of nitrogens with zero attached hydrogens (tertiary/aromatic N) is 4. The molecule has 0 spiro atoms. The van der Waals surface area contributed by atoms with Gasteiger partial charge in [-0.1, -0.05) is 6.08 Å². The molecule has 1 amide bonds. The summed E-state index contributed by atoms with van der Waals surface area (Å²) >= 11 is 0. The summed E-state index contributed by atoms with van der Waals surface area (Å²) in [6, 6.07) is 0. The second kappa shape index (κ2) is 5.95. The van der Waals surface area contributed by atoms with Gasteiger partial charge in [0.05, 0.1) is 22.5 Å². The molecular formula is C15H20N4O2. The smallest absolute Gasteiger partial charge is 0.275 e. The molecular weight excluding hydrogens is 268 g/mol. The number of hydrogen-bond acceptors (Lipinski definition) is 4. The summed E-state index contributed by atoms with van der Waals surface area (Å²) in [6.45, 7) is 8.61. The molecule has 0 aliphatic carbocycles. The van der Waals surface area contributed by atoms with Gasteiger partial charge >= 0.3 is 0 Å². The highest BCUT2D eigenvalue weighted by molar-refractivity contribution is 6.24. The Kier molecular flexibility index (Phi) is 4.26. The quantitative estimate of drug-likeness (QED) is 0.862. The number of likely N-dealkylation sites (N-methyl/N-ethyl adjacent to an activating group) is 1. The molecule has 2 rings (SSSR count). The highest BCUT2D eigenvalue weighted by Crippen LogP contribution is 2.22. The normalized spacial score (nSPS) is 17.3. The number of aromatic nitrogens is 2. The van der Waals surface area contributed by atoms with Crippen molar-refractivity contribution >= 4 is 17.7 Å². The van der Waals surface area contributed by atoms with E-state index in [1.165, 1.54) is 9.69 Å². The van der Waals surface area contributed by atoms with E-state index in [-0.39, 0.29) is 11.8 Å². The maximum Gasteiger partial charge on any atom is 0.275 e. The molecule has 1 aliphatic heterocycles. The van der Waals surface area contributed by atoms with Crippen molar-refractivity contribution in [1.29, 1.82) is 0 Å². The largest absolute Gasteiger partial charge is 0.493 e. The van der Waals surface area contributed by atoms with Gasteiger partial charge in [-0.25, -0.2) is 9.69 Å². The number of rotatable bonds is 4. The zero-order valence-corrected chi connectivity index (χ0v) is 12.8. The third kappa shape index (κ3) is 2.74. The molecule has 0 aromatic carbocycles. The van der Waals surface area contributed by atoms with Crippen LogP contribution in [-0.2, 0) is 11.3 Å². The first-order valence-electron chi connectivity index (χ1n) is 7.01. The molecule has 0 atom stereocenters. The van der Waals surface area contributed by atoms with E-state index in [2.05, 4.69) is 10.2 Å². The van der Waals surface area contributed by atoms with Crippen LogP contribution in [-0.4, -0.2) is 38.1 Å². The first-order valence-corrected chi connectivity index (χ1v) is 7.01. The fraction of sp³-hybridized carbons (Fsp3) is 0.400. The number of hydrogen-bond donors (Lipinski definition) is 1. The molecule has 2 heterocycles. The summed E-state index contributed by atoms with van der Waals surface area (Å²) in [5, 5.41) is 19.9. The minimum absolute atomic E-state index is 0.0927. The van der Waals surface area contributed by atoms with E-state index < -0.39 is 0 Å². The van der Waals surface area contributed by atoms with Gasteiger partial charge in [0.25, 0.3) is 5.91 Å². The van der Waals surface area contributed by atoms with Gasteiger partial charge in [0.2, 0.25) is 5.88 Å². The molecule has 0 bridgehead atoms. The van der Waals surface area contributed by atoms with Crippen molar-refractivity contribution in [3.05, 3.63) is 29.0 Å². The van der Waals surface area contributed by atoms with Crippen LogP contribution in [0.4, 0.5) is 0 Å². The standard InChI is InChI=1S/C15H20N4O2/c1-5-18-14(20)12(10(3)16-18)8-7-9-13-11(4)17-19(6-2)15(13)21/h7-9,20H,5-6H2,1-4H3. The Morgan fingerprint density at radius 2 is 1.95 bits per heavy atom. The lowest BCUT2D eigenvalue weighted by Gasteiger charge is -2.06. The molecule has 6 nitrogen and oxygen atoms in total. The molecule has 6 heteroatoms. The summed E-state index contributed by atoms with van der Waals surface area (Å²) in [4.78, 5) is 12.0. The second-order valence-electron chi connectivity index (χ2n) is 4.78. The van der Waals surface area contributed by atoms with Gasteiger partial charge < -0.3 is 5.11 Å². The molecule has 21 heavy (non-hydrogen) atoms. The van der Waals surface area contributed by atoms with Crippen molar-refractivity contribution in [3.63, 3.8) is 0 Å². The lowest BCUT2D eigenvalue weighted by molar-refractivity contribution is -0.125. The highest BCUT2D eigenvalue weighted by Gasteiger charge is 2.25. The second-order valence-corrected chi connectivity index (χ2v) is 4.78. The first-order chi connectivity index (χ1) is 9.99. The molecule has 0 unspecified atom stereocenters. The van der Waals surface area contributed by atoms with E-state index in [0.29, 0.717) is 29.9 Å². The predicted molar refractivity (Wildman–Crippen MR) is 81.9 cm³/mol. The monoisotopic (exact) mass is 288 g/mol. The van der Waals surface area contributed by atoms with Crippen LogP contribution >= 0.6 is 0 Å². The number of aryl methyl sites for hydroxylation is 2. The van der Waals surface area contributed by atoms with Gasteiger partial charge in [0, 0.05) is 13.1 Å². The van der Waals surface area contributed by atoms with Crippen LogP contribution in [0.15, 0.2) is 22.8 Å². The Labute approximate surface area is 124 Å². The van der Waals surface area contributed by atoms with E-state index in [1.54, 1.807) is 18.2 Å². The fourth-order valence-electron chi connectivity index (χ4n) is 2.22. The van der Waals surface area contributed by atoms with Crippen LogP contribution in [0.5, 0.6) is 5.88 Å². The third-order valence-electron chi connectivity index (χ3n) is 3.40. The van der Waals surface area contributed by atoms with Gasteiger partial charge in [-0.15, -0.1) is 0 Å². The maximum atomic E-state index is 12.0. The summed E-state index contributed by atoms with van der Waals surface area (Å²) in [5.74, 6) is 0.0489. The maximum absolute atomic E-state index is 12.0. The van der Waals surface area contributed by atoms with Gasteiger partial charge in [0.15, 0.2) is 0 Å². The minimum Gasteiger partial charge on any atom is -0.493 e. The molecule has 0 saturated heterocycles. The Bertz CT molecular complexity index is 653. The van der Waals surface area contributed by atoms with Crippen LogP contribution in [0.1, 0.15) is 32.0 Å². The molecule has 0 fully saturated rings. The number of carbonyl (C=O) groups is 1.